The molecule has 0 fully saturated rings. The van der Waals surface area contributed by atoms with E-state index in [1.807, 2.05) is 24.3 Å². The molecule has 1 N–H and O–H groups in total. The number of nitrogens with zero attached hydrogens (tertiary/aromatic N) is 1. The number of para-hydroxylation sites is 1. The standard InChI is InChI=1S/C14H20N2O3S/c1-14(2,20(3,17)18)11-16-10-12-6-4-5-7-13(12)19-9-8-15/h4-7,16H,9-11H2,1-3H3. The SMILES string of the molecule is CC(C)(CNCc1ccccc1OCC#N)S(C)(=O)=O. The van der Waals surface area contributed by atoms with Gasteiger partial charge in [0.2, 0.25) is 0 Å². The van der Waals surface area contributed by atoms with Crippen LogP contribution in [0.5, 0.6) is 5.75 Å². The molecular formula is C14H20N2O3S. The van der Waals surface area contributed by atoms with Gasteiger partial charge in [-0.3, -0.25) is 0 Å². The van der Waals surface area contributed by atoms with Crippen molar-refractivity contribution in [3.05, 3.63) is 29.8 Å². The molecule has 0 spiro atoms. The summed E-state index contributed by atoms with van der Waals surface area (Å²) in [6.45, 7) is 4.20. The van der Waals surface area contributed by atoms with Crippen LogP contribution in [0.3, 0.4) is 0 Å². The summed E-state index contributed by atoms with van der Waals surface area (Å²) in [5, 5.41) is 11.7. The van der Waals surface area contributed by atoms with Crippen molar-refractivity contribution in [2.24, 2.45) is 0 Å². The van der Waals surface area contributed by atoms with Crippen LogP contribution in [-0.2, 0) is 16.4 Å². The molecule has 0 aliphatic heterocycles. The van der Waals surface area contributed by atoms with E-state index >= 15 is 0 Å². The van der Waals surface area contributed by atoms with Crippen LogP contribution in [0.1, 0.15) is 19.4 Å². The van der Waals surface area contributed by atoms with Crippen molar-refractivity contribution in [1.82, 2.24) is 5.32 Å². The van der Waals surface area contributed by atoms with E-state index in [1.165, 1.54) is 6.26 Å². The lowest BCUT2D eigenvalue weighted by molar-refractivity contribution is 0.362. The van der Waals surface area contributed by atoms with E-state index in [2.05, 4.69) is 5.32 Å². The molecule has 0 bridgehead atoms. The molecule has 0 saturated heterocycles. The van der Waals surface area contributed by atoms with E-state index in [9.17, 15) is 8.42 Å². The van der Waals surface area contributed by atoms with Gasteiger partial charge in [0.15, 0.2) is 16.4 Å². The van der Waals surface area contributed by atoms with Crippen LogP contribution in [0.2, 0.25) is 0 Å². The minimum Gasteiger partial charge on any atom is -0.478 e. The normalized spacial score (nSPS) is 11.9. The number of benzene rings is 1. The number of nitriles is 1. The van der Waals surface area contributed by atoms with Gasteiger partial charge in [-0.05, 0) is 19.9 Å². The Morgan fingerprint density at radius 1 is 1.35 bits per heavy atom. The molecule has 0 atom stereocenters. The lowest BCUT2D eigenvalue weighted by Crippen LogP contribution is -2.41. The van der Waals surface area contributed by atoms with Crippen molar-refractivity contribution >= 4 is 9.84 Å². The largest absolute Gasteiger partial charge is 0.478 e. The highest BCUT2D eigenvalue weighted by Crippen LogP contribution is 2.18. The summed E-state index contributed by atoms with van der Waals surface area (Å²) in [6, 6.07) is 9.29. The third-order valence-electron chi connectivity index (χ3n) is 3.13. The number of nitrogens with one attached hydrogen (secondary N) is 1. The summed E-state index contributed by atoms with van der Waals surface area (Å²) in [7, 11) is -3.12. The number of hydrogen-bond acceptors (Lipinski definition) is 5. The Kier molecular flexibility index (Phi) is 5.54. The molecule has 110 valence electrons. The minimum absolute atomic E-state index is 0.00809. The molecule has 0 aromatic heterocycles. The van der Waals surface area contributed by atoms with E-state index in [1.54, 1.807) is 19.9 Å². The Hall–Kier alpha value is -1.58. The zero-order valence-corrected chi connectivity index (χ0v) is 12.8. The third-order valence-corrected chi connectivity index (χ3v) is 5.29. The molecule has 5 nitrogen and oxygen atoms in total. The van der Waals surface area contributed by atoms with Crippen LogP contribution < -0.4 is 10.1 Å². The molecule has 0 amide bonds. The second-order valence-corrected chi connectivity index (χ2v) is 7.84. The highest BCUT2D eigenvalue weighted by Gasteiger charge is 2.29. The fourth-order valence-corrected chi connectivity index (χ4v) is 1.89. The quantitative estimate of drug-likeness (QED) is 0.825. The molecule has 1 aromatic rings. The molecule has 0 aliphatic carbocycles. The lowest BCUT2D eigenvalue weighted by atomic mass is 10.1. The molecule has 1 aromatic carbocycles. The molecule has 1 rings (SSSR count). The lowest BCUT2D eigenvalue weighted by Gasteiger charge is -2.23. The summed E-state index contributed by atoms with van der Waals surface area (Å²) < 4.78 is 27.7. The van der Waals surface area contributed by atoms with Crippen LogP contribution in [0.4, 0.5) is 0 Å². The molecule has 6 heteroatoms. The summed E-state index contributed by atoms with van der Waals surface area (Å²) in [5.41, 5.74) is 0.895. The number of sulfone groups is 1. The van der Waals surface area contributed by atoms with E-state index in [0.717, 1.165) is 5.56 Å². The van der Waals surface area contributed by atoms with Gasteiger partial charge in [-0.1, -0.05) is 18.2 Å². The predicted molar refractivity (Wildman–Crippen MR) is 78.2 cm³/mol. The fourth-order valence-electron chi connectivity index (χ4n) is 1.53. The van der Waals surface area contributed by atoms with E-state index < -0.39 is 14.6 Å². The predicted octanol–water partition coefficient (Wildman–Crippen LogP) is 1.50. The van der Waals surface area contributed by atoms with Crippen molar-refractivity contribution in [3.63, 3.8) is 0 Å². The van der Waals surface area contributed by atoms with Crippen LogP contribution >= 0.6 is 0 Å². The van der Waals surface area contributed by atoms with Crippen molar-refractivity contribution < 1.29 is 13.2 Å². The Balaban J connectivity index is 2.65. The molecule has 0 aliphatic rings. The summed E-state index contributed by atoms with van der Waals surface area (Å²) in [4.78, 5) is 0. The Morgan fingerprint density at radius 2 is 2.00 bits per heavy atom. The van der Waals surface area contributed by atoms with Crippen molar-refractivity contribution in [1.29, 1.82) is 5.26 Å². The number of rotatable bonds is 7. The highest BCUT2D eigenvalue weighted by molar-refractivity contribution is 7.92. The van der Waals surface area contributed by atoms with Crippen molar-refractivity contribution in [2.45, 2.75) is 25.1 Å². The fraction of sp³-hybridized carbons (Fsp3) is 0.500. The smallest absolute Gasteiger partial charge is 0.174 e. The van der Waals surface area contributed by atoms with Gasteiger partial charge in [0.05, 0.1) is 4.75 Å². The highest BCUT2D eigenvalue weighted by atomic mass is 32.2. The van der Waals surface area contributed by atoms with Crippen molar-refractivity contribution in [3.8, 4) is 11.8 Å². The third kappa shape index (κ3) is 4.51. The molecule has 0 unspecified atom stereocenters. The van der Waals surface area contributed by atoms with Gasteiger partial charge in [-0.25, -0.2) is 8.42 Å². The van der Waals surface area contributed by atoms with E-state index in [-0.39, 0.29) is 6.61 Å². The monoisotopic (exact) mass is 296 g/mol. The maximum atomic E-state index is 11.6. The minimum atomic E-state index is -3.12. The van der Waals surface area contributed by atoms with Gasteiger partial charge in [-0.2, -0.15) is 5.26 Å². The first-order valence-electron chi connectivity index (χ1n) is 6.26. The van der Waals surface area contributed by atoms with Gasteiger partial charge in [-0.15, -0.1) is 0 Å². The summed E-state index contributed by atoms with van der Waals surface area (Å²) >= 11 is 0. The van der Waals surface area contributed by atoms with Crippen LogP contribution in [-0.4, -0.2) is 32.6 Å². The number of ether oxygens (including phenoxy) is 1. The average molecular weight is 296 g/mol. The van der Waals surface area contributed by atoms with Gasteiger partial charge < -0.3 is 10.1 Å². The average Bonchev–Trinajstić information content (AvgIpc) is 2.36. The second kappa shape index (κ2) is 6.73. The van der Waals surface area contributed by atoms with Crippen LogP contribution in [0, 0.1) is 11.3 Å². The molecular weight excluding hydrogens is 276 g/mol. The second-order valence-electron chi connectivity index (χ2n) is 5.19. The van der Waals surface area contributed by atoms with E-state index in [0.29, 0.717) is 18.8 Å². The Labute approximate surface area is 120 Å². The maximum Gasteiger partial charge on any atom is 0.174 e. The van der Waals surface area contributed by atoms with Crippen LogP contribution in [0.15, 0.2) is 24.3 Å². The number of hydrogen-bond donors (Lipinski definition) is 1. The molecule has 0 heterocycles. The molecule has 0 radical (unpaired) electrons. The Morgan fingerprint density at radius 3 is 2.60 bits per heavy atom. The Bertz CT molecular complexity index is 589. The van der Waals surface area contributed by atoms with Gasteiger partial charge in [0.1, 0.15) is 11.8 Å². The first kappa shape index (κ1) is 16.5. The molecule has 20 heavy (non-hydrogen) atoms. The van der Waals surface area contributed by atoms with Gasteiger partial charge >= 0.3 is 0 Å². The first-order chi connectivity index (χ1) is 9.28. The van der Waals surface area contributed by atoms with Crippen molar-refractivity contribution in [2.75, 3.05) is 19.4 Å². The zero-order valence-electron chi connectivity index (χ0n) is 12.0. The zero-order chi connectivity index (χ0) is 15.2. The molecule has 0 saturated carbocycles. The first-order valence-corrected chi connectivity index (χ1v) is 8.15. The van der Waals surface area contributed by atoms with Gasteiger partial charge in [0, 0.05) is 24.9 Å². The maximum absolute atomic E-state index is 11.6. The topological polar surface area (TPSA) is 79.2 Å². The summed E-state index contributed by atoms with van der Waals surface area (Å²) in [6.07, 6.45) is 1.23. The van der Waals surface area contributed by atoms with Crippen LogP contribution in [0.25, 0.3) is 0 Å². The van der Waals surface area contributed by atoms with Gasteiger partial charge in [0.25, 0.3) is 0 Å². The van der Waals surface area contributed by atoms with E-state index in [4.69, 9.17) is 10.00 Å². The summed E-state index contributed by atoms with van der Waals surface area (Å²) in [5.74, 6) is 0.638.